The molecule has 0 bridgehead atoms. The van der Waals surface area contributed by atoms with Crippen molar-refractivity contribution in [2.24, 2.45) is 11.8 Å². The van der Waals surface area contributed by atoms with Crippen LogP contribution in [0.15, 0.2) is 60.2 Å². The summed E-state index contributed by atoms with van der Waals surface area (Å²) >= 11 is 0. The zero-order valence-electron chi connectivity index (χ0n) is 31.6. The van der Waals surface area contributed by atoms with Gasteiger partial charge in [0.1, 0.15) is 18.3 Å². The predicted octanol–water partition coefficient (Wildman–Crippen LogP) is 3.40. The van der Waals surface area contributed by atoms with E-state index in [2.05, 4.69) is 53.6 Å². The molecule has 0 aliphatic carbocycles. The first-order valence-electron chi connectivity index (χ1n) is 18.7. The minimum Gasteiger partial charge on any atom is -0.457 e. The number of nitrogens with one attached hydrogen (secondary N) is 2. The van der Waals surface area contributed by atoms with Crippen LogP contribution in [0.5, 0.6) is 0 Å². The summed E-state index contributed by atoms with van der Waals surface area (Å²) in [7, 11) is 1.72. The van der Waals surface area contributed by atoms with Crippen molar-refractivity contribution in [1.82, 2.24) is 10.6 Å². The van der Waals surface area contributed by atoms with E-state index in [1.165, 1.54) is 18.7 Å². The molecule has 6 N–H and O–H groups in total. The monoisotopic (exact) mass is 713 g/mol. The van der Waals surface area contributed by atoms with Crippen LogP contribution in [0, 0.1) is 11.8 Å². The molecule has 0 saturated carbocycles. The number of anilines is 1. The Morgan fingerprint density at radius 1 is 1.20 bits per heavy atom. The summed E-state index contributed by atoms with van der Waals surface area (Å²) in [6, 6.07) is 8.13. The molecule has 3 heterocycles. The van der Waals surface area contributed by atoms with E-state index in [9.17, 15) is 25.2 Å². The zero-order chi connectivity index (χ0) is 37.3. The predicted molar refractivity (Wildman–Crippen MR) is 199 cm³/mol. The molecule has 11 unspecified atom stereocenters. The van der Waals surface area contributed by atoms with Crippen LogP contribution in [0.4, 0.5) is 5.69 Å². The number of nitrogens with zero attached hydrogens (tertiary/aromatic N) is 1. The van der Waals surface area contributed by atoms with Crippen molar-refractivity contribution in [3.05, 3.63) is 65.8 Å². The second kappa shape index (κ2) is 18.4. The molecule has 2 saturated heterocycles. The molecular formula is C40H63N3O8. The minimum absolute atomic E-state index is 0.0438. The molecule has 11 heteroatoms. The van der Waals surface area contributed by atoms with Gasteiger partial charge in [-0.1, -0.05) is 63.3 Å². The third-order valence-electron chi connectivity index (χ3n) is 10.9. The lowest BCUT2D eigenvalue weighted by atomic mass is 9.87. The van der Waals surface area contributed by atoms with E-state index in [4.69, 9.17) is 14.2 Å². The average Bonchev–Trinajstić information content (AvgIpc) is 3.89. The third-order valence-corrected chi connectivity index (χ3v) is 10.9. The number of aliphatic hydroxyl groups is 4. The summed E-state index contributed by atoms with van der Waals surface area (Å²) in [6.45, 7) is 15.7. The van der Waals surface area contributed by atoms with Crippen LogP contribution in [-0.2, 0) is 25.5 Å². The molecule has 0 amide bonds. The number of cyclic esters (lactones) is 1. The molecule has 3 aliphatic heterocycles. The zero-order valence-corrected chi connectivity index (χ0v) is 31.6. The fourth-order valence-electron chi connectivity index (χ4n) is 7.31. The summed E-state index contributed by atoms with van der Waals surface area (Å²) in [4.78, 5) is 15.2. The van der Waals surface area contributed by atoms with Gasteiger partial charge < -0.3 is 50.2 Å². The lowest BCUT2D eigenvalue weighted by Crippen LogP contribution is -2.52. The topological polar surface area (TPSA) is 156 Å². The minimum atomic E-state index is -1.45. The van der Waals surface area contributed by atoms with Crippen LogP contribution in [0.25, 0.3) is 0 Å². The molecule has 2 fully saturated rings. The van der Waals surface area contributed by atoms with Crippen molar-refractivity contribution in [2.45, 2.75) is 128 Å². The van der Waals surface area contributed by atoms with Gasteiger partial charge in [0.25, 0.3) is 0 Å². The van der Waals surface area contributed by atoms with Gasteiger partial charge >= 0.3 is 5.97 Å². The number of ether oxygens (including phenoxy) is 3. The summed E-state index contributed by atoms with van der Waals surface area (Å²) in [5.41, 5.74) is 0.257. The van der Waals surface area contributed by atoms with E-state index in [1.54, 1.807) is 32.3 Å². The molecule has 0 radical (unpaired) electrons. The normalized spacial score (nSPS) is 32.7. The van der Waals surface area contributed by atoms with Gasteiger partial charge in [-0.25, -0.2) is 0 Å². The molecular weight excluding hydrogens is 650 g/mol. The van der Waals surface area contributed by atoms with Crippen molar-refractivity contribution in [3.8, 4) is 0 Å². The number of hydrogen-bond acceptors (Lipinski definition) is 11. The highest BCUT2D eigenvalue weighted by molar-refractivity contribution is 5.70. The maximum Gasteiger partial charge on any atom is 0.309 e. The van der Waals surface area contributed by atoms with Crippen LogP contribution in [0.2, 0.25) is 0 Å². The molecule has 3 aliphatic rings. The number of allylic oxidation sites excluding steroid dienone is 2. The van der Waals surface area contributed by atoms with Crippen molar-refractivity contribution in [2.75, 3.05) is 38.2 Å². The Bertz CT molecular complexity index is 1340. The number of piperazine rings is 1. The fourth-order valence-corrected chi connectivity index (χ4v) is 7.31. The molecule has 286 valence electrons. The Balaban J connectivity index is 1.52. The molecule has 11 atom stereocenters. The second-order valence-corrected chi connectivity index (χ2v) is 15.2. The van der Waals surface area contributed by atoms with Gasteiger partial charge in [-0.3, -0.25) is 4.79 Å². The number of aliphatic hydroxyl groups excluding tert-OH is 2. The average molecular weight is 714 g/mol. The number of methoxy groups -OCH3 is 1. The highest BCUT2D eigenvalue weighted by Crippen LogP contribution is 2.39. The van der Waals surface area contributed by atoms with Crippen LogP contribution in [0.3, 0.4) is 0 Å². The number of esters is 1. The smallest absolute Gasteiger partial charge is 0.309 e. The Labute approximate surface area is 304 Å². The summed E-state index contributed by atoms with van der Waals surface area (Å²) < 4.78 is 17.8. The third kappa shape index (κ3) is 11.4. The Morgan fingerprint density at radius 2 is 1.88 bits per heavy atom. The number of carbonyl (C=O) groups is 1. The van der Waals surface area contributed by atoms with E-state index >= 15 is 0 Å². The van der Waals surface area contributed by atoms with E-state index in [0.29, 0.717) is 6.54 Å². The van der Waals surface area contributed by atoms with Crippen LogP contribution in [0.1, 0.15) is 72.8 Å². The number of epoxide rings is 1. The van der Waals surface area contributed by atoms with Crippen LogP contribution in [-0.4, -0.2) is 114 Å². The van der Waals surface area contributed by atoms with Gasteiger partial charge in [0.15, 0.2) is 0 Å². The van der Waals surface area contributed by atoms with Gasteiger partial charge in [0.05, 0.1) is 42.0 Å². The van der Waals surface area contributed by atoms with Crippen molar-refractivity contribution in [3.63, 3.8) is 0 Å². The van der Waals surface area contributed by atoms with Crippen LogP contribution < -0.4 is 15.5 Å². The number of carbonyl (C=O) groups excluding carboxylic acids is 1. The standard InChI is InChI=1S/C40H63N3O8/c1-8-32(49-7)28(4)36-37(51-36)38(42-25-29-12-14-30(15-13-29)43-22-20-41-21-23-43)40(6,48)18-9-10-26(2)35-27(3)11-16-33(45)39(5,47)19-17-31(44)24-34(46)50-35/h9-16,18,27-28,31-33,35-38,41-42,44-45,47-48H,8,17,19-25H2,1-7H3. The SMILES string of the molecule is CCC(OC)C(C)C1OC1C(NCc1ccc(N2CCNCC2)cc1)C(C)(O)C=CC=C(C)C1OC(=O)CC(O)CCC(C)(O)C(O)C=CC1C. The van der Waals surface area contributed by atoms with Crippen molar-refractivity contribution >= 4 is 11.7 Å². The first-order valence-corrected chi connectivity index (χ1v) is 18.7. The van der Waals surface area contributed by atoms with Gasteiger partial charge in [-0.2, -0.15) is 0 Å². The van der Waals surface area contributed by atoms with Crippen molar-refractivity contribution < 1.29 is 39.4 Å². The lowest BCUT2D eigenvalue weighted by molar-refractivity contribution is -0.151. The van der Waals surface area contributed by atoms with Crippen LogP contribution >= 0.6 is 0 Å². The van der Waals surface area contributed by atoms with E-state index in [-0.39, 0.29) is 49.4 Å². The summed E-state index contributed by atoms with van der Waals surface area (Å²) in [6.07, 6.45) is 6.37. The first kappa shape index (κ1) is 41.2. The summed E-state index contributed by atoms with van der Waals surface area (Å²) in [5, 5.41) is 50.7. The lowest BCUT2D eigenvalue weighted by Gasteiger charge is -2.31. The maximum absolute atomic E-state index is 12.8. The molecule has 1 aromatic carbocycles. The Kier molecular flexibility index (Phi) is 14.9. The number of hydrogen-bond donors (Lipinski definition) is 6. The largest absolute Gasteiger partial charge is 0.457 e. The maximum atomic E-state index is 12.8. The second-order valence-electron chi connectivity index (χ2n) is 15.2. The molecule has 0 aromatic heterocycles. The first-order chi connectivity index (χ1) is 24.2. The van der Waals surface area contributed by atoms with E-state index < -0.39 is 41.5 Å². The van der Waals surface area contributed by atoms with E-state index in [0.717, 1.165) is 43.7 Å². The number of rotatable bonds is 13. The molecule has 11 nitrogen and oxygen atoms in total. The Morgan fingerprint density at radius 3 is 2.53 bits per heavy atom. The molecule has 4 rings (SSSR count). The summed E-state index contributed by atoms with van der Waals surface area (Å²) in [5.74, 6) is -0.751. The molecule has 1 aromatic rings. The van der Waals surface area contributed by atoms with Gasteiger partial charge in [0, 0.05) is 57.4 Å². The highest BCUT2D eigenvalue weighted by atomic mass is 16.6. The van der Waals surface area contributed by atoms with E-state index in [1.807, 2.05) is 19.9 Å². The van der Waals surface area contributed by atoms with Gasteiger partial charge in [-0.05, 0) is 63.3 Å². The fraction of sp³-hybridized carbons (Fsp3) is 0.675. The molecule has 0 spiro atoms. The van der Waals surface area contributed by atoms with Gasteiger partial charge in [0.2, 0.25) is 0 Å². The Hall–Kier alpha value is -2.61. The highest BCUT2D eigenvalue weighted by Gasteiger charge is 2.54. The van der Waals surface area contributed by atoms with Gasteiger partial charge in [-0.15, -0.1) is 0 Å². The quantitative estimate of drug-likeness (QED) is 0.0772. The molecule has 51 heavy (non-hydrogen) atoms. The number of benzene rings is 1. The van der Waals surface area contributed by atoms with Crippen molar-refractivity contribution in [1.29, 1.82) is 0 Å².